The van der Waals surface area contributed by atoms with Crippen molar-refractivity contribution in [3.05, 3.63) is 34.7 Å². The van der Waals surface area contributed by atoms with Gasteiger partial charge in [-0.15, -0.1) is 11.3 Å². The molecule has 3 heterocycles. The van der Waals surface area contributed by atoms with Gasteiger partial charge in [-0.3, -0.25) is 0 Å². The molecule has 0 atom stereocenters. The van der Waals surface area contributed by atoms with Crippen LogP contribution in [0.1, 0.15) is 18.3 Å². The van der Waals surface area contributed by atoms with Gasteiger partial charge in [0.2, 0.25) is 0 Å². The van der Waals surface area contributed by atoms with E-state index >= 15 is 0 Å². The maximum Gasteiger partial charge on any atom is 0.254 e. The molecule has 0 unspecified atom stereocenters. The Bertz CT molecular complexity index is 645. The summed E-state index contributed by atoms with van der Waals surface area (Å²) in [5.74, 6) is 1.51. The minimum atomic E-state index is 0.620. The van der Waals surface area contributed by atoms with Gasteiger partial charge < -0.3 is 5.32 Å². The molecule has 0 aliphatic rings. The first-order chi connectivity index (χ1) is 8.86. The number of aryl methyl sites for hydroxylation is 1. The summed E-state index contributed by atoms with van der Waals surface area (Å²) in [7, 11) is 0. The third kappa shape index (κ3) is 2.04. The first-order valence-electron chi connectivity index (χ1n) is 5.67. The molecule has 0 radical (unpaired) electrons. The van der Waals surface area contributed by atoms with Crippen LogP contribution in [-0.2, 0) is 13.0 Å². The molecule has 0 aliphatic heterocycles. The molecule has 1 N–H and O–H groups in total. The number of fused-ring (bicyclic) bond motifs is 1. The number of rotatable bonds is 4. The van der Waals surface area contributed by atoms with Gasteiger partial charge in [0.15, 0.2) is 0 Å². The minimum absolute atomic E-state index is 0.620. The van der Waals surface area contributed by atoms with Gasteiger partial charge >= 0.3 is 0 Å². The van der Waals surface area contributed by atoms with Crippen molar-refractivity contribution in [3.63, 3.8) is 0 Å². The van der Waals surface area contributed by atoms with E-state index in [2.05, 4.69) is 32.3 Å². The molecule has 0 saturated carbocycles. The van der Waals surface area contributed by atoms with Gasteiger partial charge in [-0.1, -0.05) is 6.92 Å². The third-order valence-electron chi connectivity index (χ3n) is 2.60. The largest absolute Gasteiger partial charge is 0.364 e. The van der Waals surface area contributed by atoms with Crippen LogP contribution in [-0.4, -0.2) is 24.6 Å². The zero-order valence-corrected chi connectivity index (χ0v) is 10.7. The molecular weight excluding hydrogens is 248 g/mol. The Kier molecular flexibility index (Phi) is 2.89. The van der Waals surface area contributed by atoms with Crippen molar-refractivity contribution in [1.82, 2.24) is 24.6 Å². The Balaban J connectivity index is 1.92. The van der Waals surface area contributed by atoms with Gasteiger partial charge in [0.1, 0.15) is 12.1 Å². The lowest BCUT2D eigenvalue weighted by Gasteiger charge is -2.07. The van der Waals surface area contributed by atoms with E-state index in [4.69, 9.17) is 0 Å². The molecule has 0 saturated heterocycles. The molecule has 0 aliphatic carbocycles. The van der Waals surface area contributed by atoms with Crippen LogP contribution >= 0.6 is 11.3 Å². The van der Waals surface area contributed by atoms with Gasteiger partial charge in [0.25, 0.3) is 5.78 Å². The zero-order valence-electron chi connectivity index (χ0n) is 9.87. The second kappa shape index (κ2) is 4.69. The summed E-state index contributed by atoms with van der Waals surface area (Å²) in [6, 6.07) is 1.99. The summed E-state index contributed by atoms with van der Waals surface area (Å²) in [6.07, 6.45) is 2.38. The molecule has 0 spiro atoms. The minimum Gasteiger partial charge on any atom is -0.364 e. The van der Waals surface area contributed by atoms with Gasteiger partial charge in [-0.2, -0.15) is 14.6 Å². The topological polar surface area (TPSA) is 68.0 Å². The first-order valence-corrected chi connectivity index (χ1v) is 6.61. The Labute approximate surface area is 108 Å². The highest BCUT2D eigenvalue weighted by Gasteiger charge is 2.06. The number of hydrogen-bond donors (Lipinski definition) is 1. The van der Waals surface area contributed by atoms with E-state index in [0.29, 0.717) is 12.3 Å². The lowest BCUT2D eigenvalue weighted by Crippen LogP contribution is -2.07. The van der Waals surface area contributed by atoms with Crippen LogP contribution in [0, 0.1) is 0 Å². The van der Waals surface area contributed by atoms with E-state index in [1.807, 2.05) is 17.0 Å². The van der Waals surface area contributed by atoms with E-state index < -0.39 is 0 Å². The Hall–Kier alpha value is -2.02. The van der Waals surface area contributed by atoms with Crippen LogP contribution in [0.15, 0.2) is 23.3 Å². The molecular formula is C11H12N6S. The average molecular weight is 260 g/mol. The lowest BCUT2D eigenvalue weighted by atomic mass is 10.3. The van der Waals surface area contributed by atoms with Crippen molar-refractivity contribution in [1.29, 1.82) is 0 Å². The van der Waals surface area contributed by atoms with Crippen LogP contribution in [0.3, 0.4) is 0 Å². The van der Waals surface area contributed by atoms with Crippen molar-refractivity contribution in [3.8, 4) is 0 Å². The normalized spacial score (nSPS) is 10.9. The van der Waals surface area contributed by atoms with Gasteiger partial charge in [-0.25, -0.2) is 9.97 Å². The molecule has 0 aromatic carbocycles. The fraction of sp³-hybridized carbons (Fsp3) is 0.273. The van der Waals surface area contributed by atoms with E-state index in [1.165, 1.54) is 6.33 Å². The van der Waals surface area contributed by atoms with Crippen LogP contribution in [0.2, 0.25) is 0 Å². The van der Waals surface area contributed by atoms with Crippen LogP contribution in [0.5, 0.6) is 0 Å². The fourth-order valence-corrected chi connectivity index (χ4v) is 2.23. The highest BCUT2D eigenvalue weighted by Crippen LogP contribution is 2.12. The van der Waals surface area contributed by atoms with Crippen molar-refractivity contribution in [2.45, 2.75) is 19.9 Å². The van der Waals surface area contributed by atoms with Crippen LogP contribution in [0.25, 0.3) is 5.78 Å². The van der Waals surface area contributed by atoms with E-state index in [1.54, 1.807) is 15.9 Å². The summed E-state index contributed by atoms with van der Waals surface area (Å²) in [5, 5.41) is 9.49. The summed E-state index contributed by atoms with van der Waals surface area (Å²) >= 11 is 1.59. The zero-order chi connectivity index (χ0) is 12.4. The van der Waals surface area contributed by atoms with Crippen molar-refractivity contribution >= 4 is 22.9 Å². The number of aromatic nitrogens is 5. The fourth-order valence-electron chi connectivity index (χ4n) is 1.67. The lowest BCUT2D eigenvalue weighted by molar-refractivity contribution is 0.897. The summed E-state index contributed by atoms with van der Waals surface area (Å²) in [4.78, 5) is 12.8. The predicted octanol–water partition coefficient (Wildman–Crippen LogP) is 1.76. The SMILES string of the molecule is CCc1cc(NCc2cscn2)n2ncnc2n1. The number of nitrogens with zero attached hydrogens (tertiary/aromatic N) is 5. The van der Waals surface area contributed by atoms with Crippen LogP contribution in [0.4, 0.5) is 5.82 Å². The molecule has 6 nitrogen and oxygen atoms in total. The summed E-state index contributed by atoms with van der Waals surface area (Å²) in [6.45, 7) is 2.74. The molecule has 0 fully saturated rings. The predicted molar refractivity (Wildman–Crippen MR) is 69.6 cm³/mol. The molecule has 3 rings (SSSR count). The molecule has 3 aromatic rings. The number of hydrogen-bond acceptors (Lipinski definition) is 6. The monoisotopic (exact) mass is 260 g/mol. The molecule has 18 heavy (non-hydrogen) atoms. The summed E-state index contributed by atoms with van der Waals surface area (Å²) in [5.41, 5.74) is 3.84. The smallest absolute Gasteiger partial charge is 0.254 e. The maximum absolute atomic E-state index is 4.40. The molecule has 3 aromatic heterocycles. The van der Waals surface area contributed by atoms with Crippen molar-refractivity contribution < 1.29 is 0 Å². The number of anilines is 1. The highest BCUT2D eigenvalue weighted by molar-refractivity contribution is 7.07. The Morgan fingerprint density at radius 3 is 3.06 bits per heavy atom. The Morgan fingerprint density at radius 2 is 2.28 bits per heavy atom. The molecule has 0 amide bonds. The van der Waals surface area contributed by atoms with Crippen molar-refractivity contribution in [2.75, 3.05) is 5.32 Å². The van der Waals surface area contributed by atoms with Gasteiger partial charge in [0, 0.05) is 17.1 Å². The third-order valence-corrected chi connectivity index (χ3v) is 3.24. The van der Waals surface area contributed by atoms with Crippen LogP contribution < -0.4 is 5.32 Å². The van der Waals surface area contributed by atoms with Crippen molar-refractivity contribution in [2.24, 2.45) is 0 Å². The molecule has 92 valence electrons. The van der Waals surface area contributed by atoms with E-state index in [0.717, 1.165) is 23.6 Å². The van der Waals surface area contributed by atoms with Gasteiger partial charge in [0.05, 0.1) is 17.7 Å². The second-order valence-corrected chi connectivity index (χ2v) is 4.51. The molecule has 7 heteroatoms. The first kappa shape index (κ1) is 11.1. The molecule has 0 bridgehead atoms. The van der Waals surface area contributed by atoms with Gasteiger partial charge in [-0.05, 0) is 6.42 Å². The number of thiazole rings is 1. The quantitative estimate of drug-likeness (QED) is 0.774. The Morgan fingerprint density at radius 1 is 1.33 bits per heavy atom. The second-order valence-electron chi connectivity index (χ2n) is 3.79. The highest BCUT2D eigenvalue weighted by atomic mass is 32.1. The number of nitrogens with one attached hydrogen (secondary N) is 1. The maximum atomic E-state index is 4.40. The van der Waals surface area contributed by atoms with E-state index in [-0.39, 0.29) is 0 Å². The standard InChI is InChI=1S/C11H12N6S/c1-2-8-3-10(12-4-9-5-18-7-14-9)17-11(16-8)13-6-15-17/h3,5-7,12H,2,4H2,1H3. The van der Waals surface area contributed by atoms with E-state index in [9.17, 15) is 0 Å². The average Bonchev–Trinajstić information content (AvgIpc) is 3.06. The summed E-state index contributed by atoms with van der Waals surface area (Å²) < 4.78 is 1.70.